The number of rotatable bonds is 6. The smallest absolute Gasteiger partial charge is 0.00437 e. The van der Waals surface area contributed by atoms with Crippen LogP contribution < -0.4 is 5.32 Å². The van der Waals surface area contributed by atoms with E-state index in [0.717, 1.165) is 5.92 Å². The van der Waals surface area contributed by atoms with Crippen LogP contribution in [0.4, 0.5) is 0 Å². The molecule has 0 amide bonds. The fourth-order valence-electron chi connectivity index (χ4n) is 1.44. The summed E-state index contributed by atoms with van der Waals surface area (Å²) >= 11 is 0. The van der Waals surface area contributed by atoms with Gasteiger partial charge in [-0.05, 0) is 32.6 Å². The van der Waals surface area contributed by atoms with Crippen LogP contribution in [0.15, 0.2) is 0 Å². The van der Waals surface area contributed by atoms with E-state index in [1.165, 1.54) is 19.3 Å². The van der Waals surface area contributed by atoms with Crippen molar-refractivity contribution >= 4 is 0 Å². The van der Waals surface area contributed by atoms with Crippen molar-refractivity contribution < 1.29 is 0 Å². The summed E-state index contributed by atoms with van der Waals surface area (Å²) in [6.07, 6.45) is 3.83. The average molecular weight is 171 g/mol. The van der Waals surface area contributed by atoms with Crippen LogP contribution >= 0.6 is 0 Å². The summed E-state index contributed by atoms with van der Waals surface area (Å²) in [5, 5.41) is 3.59. The third kappa shape index (κ3) is 5.59. The summed E-state index contributed by atoms with van der Waals surface area (Å²) in [5.41, 5.74) is 0. The molecule has 1 heteroatoms. The summed E-state index contributed by atoms with van der Waals surface area (Å²) in [7, 11) is 0. The molecule has 0 bridgehead atoms. The van der Waals surface area contributed by atoms with Gasteiger partial charge in [0.15, 0.2) is 0 Å². The second-order valence-electron chi connectivity index (χ2n) is 4.13. The van der Waals surface area contributed by atoms with Crippen molar-refractivity contribution in [3.63, 3.8) is 0 Å². The van der Waals surface area contributed by atoms with Crippen LogP contribution in [0.1, 0.15) is 53.9 Å². The maximum atomic E-state index is 3.59. The Labute approximate surface area is 77.9 Å². The van der Waals surface area contributed by atoms with Crippen LogP contribution in [-0.2, 0) is 0 Å². The van der Waals surface area contributed by atoms with Crippen molar-refractivity contribution in [2.24, 2.45) is 5.92 Å². The van der Waals surface area contributed by atoms with E-state index in [1.807, 2.05) is 0 Å². The summed E-state index contributed by atoms with van der Waals surface area (Å²) < 4.78 is 0. The number of hydrogen-bond donors (Lipinski definition) is 1. The summed E-state index contributed by atoms with van der Waals surface area (Å²) in [5.74, 6) is 0.858. The van der Waals surface area contributed by atoms with Gasteiger partial charge in [0.05, 0.1) is 0 Å². The lowest BCUT2D eigenvalue weighted by atomic mass is 10.00. The van der Waals surface area contributed by atoms with Crippen LogP contribution in [0, 0.1) is 5.92 Å². The molecule has 3 unspecified atom stereocenters. The highest BCUT2D eigenvalue weighted by atomic mass is 14.9. The van der Waals surface area contributed by atoms with E-state index in [-0.39, 0.29) is 0 Å². The predicted octanol–water partition coefficient (Wildman–Crippen LogP) is 3.20. The second-order valence-corrected chi connectivity index (χ2v) is 4.13. The topological polar surface area (TPSA) is 12.0 Å². The maximum absolute atomic E-state index is 3.59. The lowest BCUT2D eigenvalue weighted by Crippen LogP contribution is -2.34. The predicted molar refractivity (Wildman–Crippen MR) is 56.4 cm³/mol. The molecular formula is C11H25N. The van der Waals surface area contributed by atoms with Crippen molar-refractivity contribution in [1.29, 1.82) is 0 Å². The molecule has 1 N–H and O–H groups in total. The quantitative estimate of drug-likeness (QED) is 0.647. The lowest BCUT2D eigenvalue weighted by Gasteiger charge is -2.21. The molecule has 0 radical (unpaired) electrons. The minimum Gasteiger partial charge on any atom is -0.312 e. The maximum Gasteiger partial charge on any atom is 0.00437 e. The Morgan fingerprint density at radius 1 is 0.917 bits per heavy atom. The molecule has 0 heterocycles. The molecular weight excluding hydrogens is 146 g/mol. The van der Waals surface area contributed by atoms with Gasteiger partial charge in [0.1, 0.15) is 0 Å². The molecule has 1 nitrogen and oxygen atoms in total. The van der Waals surface area contributed by atoms with Gasteiger partial charge in [-0.15, -0.1) is 0 Å². The molecule has 0 saturated heterocycles. The van der Waals surface area contributed by atoms with E-state index >= 15 is 0 Å². The van der Waals surface area contributed by atoms with Crippen molar-refractivity contribution in [3.8, 4) is 0 Å². The molecule has 0 fully saturated rings. The molecule has 3 atom stereocenters. The highest BCUT2D eigenvalue weighted by Crippen LogP contribution is 2.10. The highest BCUT2D eigenvalue weighted by Gasteiger charge is 2.08. The van der Waals surface area contributed by atoms with E-state index < -0.39 is 0 Å². The van der Waals surface area contributed by atoms with E-state index in [2.05, 4.69) is 39.9 Å². The van der Waals surface area contributed by atoms with Gasteiger partial charge >= 0.3 is 0 Å². The molecule has 0 aromatic rings. The van der Waals surface area contributed by atoms with E-state index in [0.29, 0.717) is 12.1 Å². The number of hydrogen-bond acceptors (Lipinski definition) is 1. The molecule has 0 aromatic carbocycles. The fraction of sp³-hybridized carbons (Fsp3) is 1.00. The van der Waals surface area contributed by atoms with Gasteiger partial charge in [-0.3, -0.25) is 0 Å². The second kappa shape index (κ2) is 6.47. The van der Waals surface area contributed by atoms with Crippen molar-refractivity contribution in [2.75, 3.05) is 0 Å². The van der Waals surface area contributed by atoms with Gasteiger partial charge in [-0.2, -0.15) is 0 Å². The Morgan fingerprint density at radius 2 is 1.50 bits per heavy atom. The molecule has 0 rings (SSSR count). The lowest BCUT2D eigenvalue weighted by molar-refractivity contribution is 0.377. The minimum absolute atomic E-state index is 0.670. The first-order chi connectivity index (χ1) is 5.60. The molecule has 0 aromatic heterocycles. The largest absolute Gasteiger partial charge is 0.312 e. The van der Waals surface area contributed by atoms with Crippen LogP contribution in [0.5, 0.6) is 0 Å². The zero-order chi connectivity index (χ0) is 9.56. The molecule has 0 aliphatic carbocycles. The van der Waals surface area contributed by atoms with Crippen LogP contribution in [0.2, 0.25) is 0 Å². The molecule has 74 valence electrons. The van der Waals surface area contributed by atoms with Gasteiger partial charge in [-0.1, -0.05) is 27.2 Å². The van der Waals surface area contributed by atoms with E-state index in [1.54, 1.807) is 0 Å². The molecule has 0 spiro atoms. The van der Waals surface area contributed by atoms with Gasteiger partial charge in [0.2, 0.25) is 0 Å². The van der Waals surface area contributed by atoms with Gasteiger partial charge in [-0.25, -0.2) is 0 Å². The van der Waals surface area contributed by atoms with Gasteiger partial charge in [0, 0.05) is 12.1 Å². The molecule has 0 saturated carbocycles. The van der Waals surface area contributed by atoms with Gasteiger partial charge in [0.25, 0.3) is 0 Å². The molecule has 0 aliphatic heterocycles. The Morgan fingerprint density at radius 3 is 1.92 bits per heavy atom. The average Bonchev–Trinajstić information content (AvgIpc) is 2.03. The normalized spacial score (nSPS) is 18.8. The third-order valence-electron chi connectivity index (χ3n) is 2.63. The van der Waals surface area contributed by atoms with Crippen molar-refractivity contribution in [2.45, 2.75) is 66.0 Å². The molecule has 12 heavy (non-hydrogen) atoms. The van der Waals surface area contributed by atoms with E-state index in [4.69, 9.17) is 0 Å². The first-order valence-electron chi connectivity index (χ1n) is 5.36. The Hall–Kier alpha value is -0.0400. The molecule has 0 aliphatic rings. The van der Waals surface area contributed by atoms with Crippen LogP contribution in [-0.4, -0.2) is 12.1 Å². The summed E-state index contributed by atoms with van der Waals surface area (Å²) in [6.45, 7) is 11.4. The first kappa shape index (κ1) is 12.0. The number of nitrogens with one attached hydrogen (secondary N) is 1. The first-order valence-corrected chi connectivity index (χ1v) is 5.36. The standard InChI is InChI=1S/C11H25N/c1-6-9(3)8-11(5)12-10(4)7-2/h9-12H,6-8H2,1-5H3. The fourth-order valence-corrected chi connectivity index (χ4v) is 1.44. The van der Waals surface area contributed by atoms with Crippen LogP contribution in [0.25, 0.3) is 0 Å². The zero-order valence-corrected chi connectivity index (χ0v) is 9.35. The Bertz CT molecular complexity index is 89.2. The van der Waals surface area contributed by atoms with E-state index in [9.17, 15) is 0 Å². The highest BCUT2D eigenvalue weighted by molar-refractivity contribution is 4.68. The van der Waals surface area contributed by atoms with Crippen molar-refractivity contribution in [1.82, 2.24) is 5.32 Å². The van der Waals surface area contributed by atoms with Crippen molar-refractivity contribution in [3.05, 3.63) is 0 Å². The zero-order valence-electron chi connectivity index (χ0n) is 9.35. The summed E-state index contributed by atoms with van der Waals surface area (Å²) in [6, 6.07) is 1.35. The van der Waals surface area contributed by atoms with Crippen LogP contribution in [0.3, 0.4) is 0 Å². The summed E-state index contributed by atoms with van der Waals surface area (Å²) in [4.78, 5) is 0. The Balaban J connectivity index is 3.51. The minimum atomic E-state index is 0.670. The third-order valence-corrected chi connectivity index (χ3v) is 2.63. The SMILES string of the molecule is CCC(C)CC(C)NC(C)CC. The Kier molecular flexibility index (Phi) is 6.45. The monoisotopic (exact) mass is 171 g/mol. The van der Waals surface area contributed by atoms with Gasteiger partial charge < -0.3 is 5.32 Å².